The average Bonchev–Trinajstić information content (AvgIpc) is 2.36. The number of nitrogens with two attached hydrogens (primary N) is 1. The second-order valence-corrected chi connectivity index (χ2v) is 6.19. The summed E-state index contributed by atoms with van der Waals surface area (Å²) in [6.45, 7) is 3.21. The van der Waals surface area contributed by atoms with E-state index in [1.807, 2.05) is 0 Å². The summed E-state index contributed by atoms with van der Waals surface area (Å²) in [5, 5.41) is 7.34. The van der Waals surface area contributed by atoms with E-state index in [-0.39, 0.29) is 11.5 Å². The van der Waals surface area contributed by atoms with Gasteiger partial charge in [-0.2, -0.15) is 8.42 Å². The van der Waals surface area contributed by atoms with Crippen LogP contribution < -0.4 is 14.8 Å². The molecule has 0 heterocycles. The lowest BCUT2D eigenvalue weighted by Gasteiger charge is -2.20. The van der Waals surface area contributed by atoms with Crippen molar-refractivity contribution < 1.29 is 17.9 Å². The summed E-state index contributed by atoms with van der Waals surface area (Å²) in [5.41, 5.74) is 5.98. The third-order valence-electron chi connectivity index (χ3n) is 2.44. The molecule has 0 saturated heterocycles. The van der Waals surface area contributed by atoms with E-state index in [1.165, 1.54) is 19.2 Å². The third kappa shape index (κ3) is 4.63. The summed E-state index contributed by atoms with van der Waals surface area (Å²) in [4.78, 5) is 11.4. The number of carbonyl (C=O) groups excluding carboxylic acids is 1. The molecule has 0 aliphatic rings. The number of nitrogens with one attached hydrogen (secondary N) is 2. The van der Waals surface area contributed by atoms with Gasteiger partial charge in [-0.1, -0.05) is 12.1 Å². The monoisotopic (exact) mass is 314 g/mol. The molecule has 9 heteroatoms. The van der Waals surface area contributed by atoms with Crippen LogP contribution in [0.1, 0.15) is 19.4 Å². The van der Waals surface area contributed by atoms with Crippen LogP contribution >= 0.6 is 0 Å². The molecule has 0 spiro atoms. The lowest BCUT2D eigenvalue weighted by atomic mass is 10.2. The van der Waals surface area contributed by atoms with Crippen LogP contribution in [0.4, 0.5) is 10.5 Å². The number of ether oxygens (including phenoxy) is 1. The first-order chi connectivity index (χ1) is 9.63. The first-order valence-electron chi connectivity index (χ1n) is 6.05. The molecule has 0 saturated carbocycles. The van der Waals surface area contributed by atoms with Gasteiger partial charge in [-0.25, -0.2) is 9.52 Å². The molecule has 1 amide bonds. The minimum Gasteiger partial charge on any atom is -0.446 e. The topological polar surface area (TPSA) is 126 Å². The fraction of sp³-hybridized carbons (Fsp3) is 0.333. The average molecular weight is 314 g/mol. The van der Waals surface area contributed by atoms with Crippen molar-refractivity contribution in [3.05, 3.63) is 29.8 Å². The van der Waals surface area contributed by atoms with E-state index in [9.17, 15) is 13.2 Å². The Labute approximate surface area is 123 Å². The Kier molecular flexibility index (Phi) is 5.14. The Bertz CT molecular complexity index is 642. The summed E-state index contributed by atoms with van der Waals surface area (Å²) >= 11 is 0. The maximum absolute atomic E-state index is 12.0. The standard InChI is InChI=1S/C12H18N4O4S/c1-8(2)20-12(17)15-21(18,19)16(3)10-6-4-5-9(7-10)11(13)14/h4-8H,1-3H3,(H3,13,14)(H,15,17). The first-order valence-corrected chi connectivity index (χ1v) is 7.49. The van der Waals surface area contributed by atoms with Crippen LogP contribution in [0.5, 0.6) is 0 Å². The van der Waals surface area contributed by atoms with Crippen molar-refractivity contribution in [3.8, 4) is 0 Å². The van der Waals surface area contributed by atoms with Crippen LogP contribution in [-0.2, 0) is 14.9 Å². The van der Waals surface area contributed by atoms with E-state index in [2.05, 4.69) is 0 Å². The molecule has 0 fully saturated rings. The molecule has 4 N–H and O–H groups in total. The maximum Gasteiger partial charge on any atom is 0.422 e. The van der Waals surface area contributed by atoms with Crippen LogP contribution in [0.3, 0.4) is 0 Å². The van der Waals surface area contributed by atoms with E-state index in [1.54, 1.807) is 30.7 Å². The Hall–Kier alpha value is -2.29. The second kappa shape index (κ2) is 6.44. The number of hydrogen-bond donors (Lipinski definition) is 3. The number of amides is 1. The number of hydrogen-bond acceptors (Lipinski definition) is 5. The predicted molar refractivity (Wildman–Crippen MR) is 79.5 cm³/mol. The van der Waals surface area contributed by atoms with Gasteiger partial charge in [-0.15, -0.1) is 0 Å². The zero-order valence-electron chi connectivity index (χ0n) is 12.0. The quantitative estimate of drug-likeness (QED) is 0.547. The van der Waals surface area contributed by atoms with Crippen LogP contribution in [0.25, 0.3) is 0 Å². The Morgan fingerprint density at radius 3 is 2.57 bits per heavy atom. The van der Waals surface area contributed by atoms with E-state index >= 15 is 0 Å². The van der Waals surface area contributed by atoms with E-state index < -0.39 is 22.4 Å². The Balaban J connectivity index is 2.95. The predicted octanol–water partition coefficient (Wildman–Crippen LogP) is 0.786. The van der Waals surface area contributed by atoms with E-state index in [0.717, 1.165) is 4.31 Å². The molecule has 1 aromatic carbocycles. The molecule has 0 atom stereocenters. The van der Waals surface area contributed by atoms with Crippen LogP contribution in [0, 0.1) is 5.41 Å². The molecule has 8 nitrogen and oxygen atoms in total. The van der Waals surface area contributed by atoms with Crippen LogP contribution in [0.15, 0.2) is 24.3 Å². The SMILES string of the molecule is CC(C)OC(=O)NS(=O)(=O)N(C)c1cccc(C(=N)N)c1. The summed E-state index contributed by atoms with van der Waals surface area (Å²) in [7, 11) is -2.84. The maximum atomic E-state index is 12.0. The van der Waals surface area contributed by atoms with Gasteiger partial charge in [0.2, 0.25) is 0 Å². The van der Waals surface area contributed by atoms with Crippen molar-refractivity contribution >= 4 is 27.8 Å². The third-order valence-corrected chi connectivity index (χ3v) is 3.79. The molecule has 0 aromatic heterocycles. The molecule has 0 radical (unpaired) electrons. The molecule has 0 bridgehead atoms. The molecule has 0 aliphatic heterocycles. The van der Waals surface area contributed by atoms with Crippen LogP contribution in [-0.4, -0.2) is 33.5 Å². The lowest BCUT2D eigenvalue weighted by molar-refractivity contribution is 0.121. The van der Waals surface area contributed by atoms with Gasteiger partial charge in [0, 0.05) is 12.6 Å². The molecule has 0 aliphatic carbocycles. The largest absolute Gasteiger partial charge is 0.446 e. The number of benzene rings is 1. The fourth-order valence-corrected chi connectivity index (χ4v) is 2.21. The number of nitrogen functional groups attached to an aromatic ring is 1. The molecule has 1 aromatic rings. The molecule has 1 rings (SSSR count). The zero-order valence-corrected chi connectivity index (χ0v) is 12.8. The normalized spacial score (nSPS) is 11.0. The van der Waals surface area contributed by atoms with Crippen molar-refractivity contribution in [2.45, 2.75) is 20.0 Å². The van der Waals surface area contributed by atoms with Gasteiger partial charge in [0.05, 0.1) is 11.8 Å². The first kappa shape index (κ1) is 16.8. The summed E-state index contributed by atoms with van der Waals surface area (Å²) in [6.07, 6.45) is -1.49. The minimum atomic E-state index is -4.10. The van der Waals surface area contributed by atoms with Crippen molar-refractivity contribution in [2.75, 3.05) is 11.4 Å². The molecule has 21 heavy (non-hydrogen) atoms. The van der Waals surface area contributed by atoms with Crippen molar-refractivity contribution in [1.29, 1.82) is 5.41 Å². The van der Waals surface area contributed by atoms with Gasteiger partial charge in [-0.3, -0.25) is 9.71 Å². The summed E-state index contributed by atoms with van der Waals surface area (Å²) < 4.78 is 31.4. The smallest absolute Gasteiger partial charge is 0.422 e. The van der Waals surface area contributed by atoms with Gasteiger partial charge in [0.15, 0.2) is 0 Å². The van der Waals surface area contributed by atoms with Crippen molar-refractivity contribution in [2.24, 2.45) is 5.73 Å². The minimum absolute atomic E-state index is 0.185. The highest BCUT2D eigenvalue weighted by molar-refractivity contribution is 7.91. The highest BCUT2D eigenvalue weighted by atomic mass is 32.2. The number of nitrogens with zero attached hydrogens (tertiary/aromatic N) is 1. The van der Waals surface area contributed by atoms with Crippen molar-refractivity contribution in [3.63, 3.8) is 0 Å². The summed E-state index contributed by atoms with van der Waals surface area (Å²) in [6, 6.07) is 6.08. The Morgan fingerprint density at radius 1 is 1.43 bits per heavy atom. The number of anilines is 1. The molecule has 0 unspecified atom stereocenters. The van der Waals surface area contributed by atoms with Gasteiger partial charge >= 0.3 is 16.3 Å². The molecule has 116 valence electrons. The van der Waals surface area contributed by atoms with E-state index in [4.69, 9.17) is 15.9 Å². The fourth-order valence-electron chi connectivity index (χ4n) is 1.42. The Morgan fingerprint density at radius 2 is 2.05 bits per heavy atom. The van der Waals surface area contributed by atoms with Gasteiger partial charge in [-0.05, 0) is 26.0 Å². The number of rotatable bonds is 5. The number of carbonyl (C=O) groups is 1. The number of amidine groups is 1. The van der Waals surface area contributed by atoms with Gasteiger partial charge in [0.1, 0.15) is 5.84 Å². The molecular weight excluding hydrogens is 296 g/mol. The zero-order chi connectivity index (χ0) is 16.2. The van der Waals surface area contributed by atoms with Gasteiger partial charge < -0.3 is 10.5 Å². The highest BCUT2D eigenvalue weighted by Gasteiger charge is 2.22. The van der Waals surface area contributed by atoms with E-state index in [0.29, 0.717) is 5.56 Å². The van der Waals surface area contributed by atoms with Crippen LogP contribution in [0.2, 0.25) is 0 Å². The lowest BCUT2D eigenvalue weighted by Crippen LogP contribution is -2.42. The molecular formula is C12H18N4O4S. The second-order valence-electron chi connectivity index (χ2n) is 4.49. The highest BCUT2D eigenvalue weighted by Crippen LogP contribution is 2.17. The summed E-state index contributed by atoms with van der Waals surface area (Å²) in [5.74, 6) is -0.185. The van der Waals surface area contributed by atoms with Gasteiger partial charge in [0.25, 0.3) is 0 Å². The van der Waals surface area contributed by atoms with Crippen molar-refractivity contribution in [1.82, 2.24) is 4.72 Å².